The molecule has 1 aromatic heterocycles. The van der Waals surface area contributed by atoms with E-state index >= 15 is 0 Å². The van der Waals surface area contributed by atoms with Gasteiger partial charge in [0.15, 0.2) is 0 Å². The fourth-order valence-electron chi connectivity index (χ4n) is 2.16. The van der Waals surface area contributed by atoms with Gasteiger partial charge in [-0.15, -0.1) is 0 Å². The molecule has 1 aliphatic rings. The van der Waals surface area contributed by atoms with Crippen LogP contribution in [-0.2, 0) is 0 Å². The quantitative estimate of drug-likeness (QED) is 0.794. The number of nitrogens with one attached hydrogen (secondary N) is 1. The molecular formula is C12H19NS. The first-order valence-electron chi connectivity index (χ1n) is 5.60. The molecule has 1 heterocycles. The lowest BCUT2D eigenvalue weighted by molar-refractivity contribution is 0.300. The Morgan fingerprint density at radius 1 is 1.36 bits per heavy atom. The summed E-state index contributed by atoms with van der Waals surface area (Å²) in [6.07, 6.45) is 5.68. The third-order valence-corrected chi connectivity index (χ3v) is 3.93. The summed E-state index contributed by atoms with van der Waals surface area (Å²) >= 11 is 1.76. The minimum Gasteiger partial charge on any atom is -0.384 e. The van der Waals surface area contributed by atoms with Crippen molar-refractivity contribution in [3.8, 4) is 0 Å². The molecule has 0 atom stereocenters. The van der Waals surface area contributed by atoms with Crippen molar-refractivity contribution >= 4 is 17.0 Å². The van der Waals surface area contributed by atoms with E-state index in [1.807, 2.05) is 0 Å². The van der Waals surface area contributed by atoms with Gasteiger partial charge in [-0.2, -0.15) is 11.3 Å². The molecule has 1 nitrogen and oxygen atoms in total. The zero-order valence-electron chi connectivity index (χ0n) is 8.83. The van der Waals surface area contributed by atoms with E-state index in [0.717, 1.165) is 11.8 Å². The topological polar surface area (TPSA) is 12.0 Å². The number of thiophene rings is 1. The molecule has 0 radical (unpaired) electrons. The van der Waals surface area contributed by atoms with Gasteiger partial charge in [-0.25, -0.2) is 0 Å². The van der Waals surface area contributed by atoms with Crippen molar-refractivity contribution in [3.05, 3.63) is 16.8 Å². The van der Waals surface area contributed by atoms with Gasteiger partial charge in [-0.1, -0.05) is 19.8 Å². The van der Waals surface area contributed by atoms with Crippen molar-refractivity contribution < 1.29 is 0 Å². The Bertz CT molecular complexity index is 247. The zero-order valence-corrected chi connectivity index (χ0v) is 9.65. The Labute approximate surface area is 90.5 Å². The maximum Gasteiger partial charge on any atom is 0.0448 e. The molecule has 1 fully saturated rings. The van der Waals surface area contributed by atoms with Crippen molar-refractivity contribution in [2.24, 2.45) is 11.8 Å². The van der Waals surface area contributed by atoms with Gasteiger partial charge in [-0.05, 0) is 36.1 Å². The Balaban J connectivity index is 1.71. The fourth-order valence-corrected chi connectivity index (χ4v) is 2.77. The molecule has 0 unspecified atom stereocenters. The molecule has 78 valence electrons. The zero-order chi connectivity index (χ0) is 9.80. The summed E-state index contributed by atoms with van der Waals surface area (Å²) in [5.41, 5.74) is 1.30. The van der Waals surface area contributed by atoms with E-state index in [1.165, 1.54) is 37.9 Å². The lowest BCUT2D eigenvalue weighted by atomic mass is 9.83. The molecule has 0 aromatic carbocycles. The highest BCUT2D eigenvalue weighted by Gasteiger charge is 2.17. The molecule has 1 aromatic rings. The van der Waals surface area contributed by atoms with Crippen LogP contribution in [0.1, 0.15) is 32.6 Å². The third kappa shape index (κ3) is 2.74. The number of hydrogen-bond acceptors (Lipinski definition) is 2. The highest BCUT2D eigenvalue weighted by molar-refractivity contribution is 7.08. The van der Waals surface area contributed by atoms with Gasteiger partial charge in [-0.3, -0.25) is 0 Å². The smallest absolute Gasteiger partial charge is 0.0448 e. The molecule has 0 spiro atoms. The summed E-state index contributed by atoms with van der Waals surface area (Å²) in [5, 5.41) is 7.84. The molecule has 1 saturated carbocycles. The normalized spacial score (nSPS) is 27.5. The van der Waals surface area contributed by atoms with Crippen molar-refractivity contribution in [2.45, 2.75) is 32.6 Å². The molecule has 14 heavy (non-hydrogen) atoms. The average molecular weight is 209 g/mol. The maximum absolute atomic E-state index is 3.52. The van der Waals surface area contributed by atoms with Gasteiger partial charge >= 0.3 is 0 Å². The molecular weight excluding hydrogens is 190 g/mol. The van der Waals surface area contributed by atoms with Crippen LogP contribution >= 0.6 is 11.3 Å². The van der Waals surface area contributed by atoms with E-state index in [-0.39, 0.29) is 0 Å². The Hall–Kier alpha value is -0.500. The lowest BCUT2D eigenvalue weighted by Crippen LogP contribution is -2.19. The van der Waals surface area contributed by atoms with Gasteiger partial charge in [0.1, 0.15) is 0 Å². The van der Waals surface area contributed by atoms with E-state index < -0.39 is 0 Å². The predicted octanol–water partition coefficient (Wildman–Crippen LogP) is 3.99. The van der Waals surface area contributed by atoms with Crippen LogP contribution in [0.4, 0.5) is 5.69 Å². The van der Waals surface area contributed by atoms with Gasteiger partial charge in [0.25, 0.3) is 0 Å². The summed E-state index contributed by atoms with van der Waals surface area (Å²) in [7, 11) is 0. The number of rotatable bonds is 3. The minimum atomic E-state index is 0.908. The first-order chi connectivity index (χ1) is 6.84. The van der Waals surface area contributed by atoms with E-state index in [4.69, 9.17) is 0 Å². The van der Waals surface area contributed by atoms with E-state index in [0.29, 0.717) is 0 Å². The van der Waals surface area contributed by atoms with Gasteiger partial charge in [0.2, 0.25) is 0 Å². The van der Waals surface area contributed by atoms with Gasteiger partial charge in [0.05, 0.1) is 0 Å². The van der Waals surface area contributed by atoms with Crippen LogP contribution in [0.15, 0.2) is 16.8 Å². The molecule has 0 saturated heterocycles. The van der Waals surface area contributed by atoms with Crippen LogP contribution in [0, 0.1) is 11.8 Å². The number of anilines is 1. The van der Waals surface area contributed by atoms with Crippen molar-refractivity contribution in [1.82, 2.24) is 0 Å². The van der Waals surface area contributed by atoms with Crippen LogP contribution in [-0.4, -0.2) is 6.54 Å². The third-order valence-electron chi connectivity index (χ3n) is 3.25. The van der Waals surface area contributed by atoms with Crippen LogP contribution in [0.25, 0.3) is 0 Å². The highest BCUT2D eigenvalue weighted by Crippen LogP contribution is 2.28. The largest absolute Gasteiger partial charge is 0.384 e. The summed E-state index contributed by atoms with van der Waals surface area (Å²) in [6.45, 7) is 3.55. The van der Waals surface area contributed by atoms with Crippen molar-refractivity contribution in [1.29, 1.82) is 0 Å². The SMILES string of the molecule is CC1CCC(CNc2ccsc2)CC1. The van der Waals surface area contributed by atoms with Gasteiger partial charge in [0, 0.05) is 17.6 Å². The summed E-state index contributed by atoms with van der Waals surface area (Å²) in [6, 6.07) is 2.16. The van der Waals surface area contributed by atoms with E-state index in [1.54, 1.807) is 11.3 Å². The first-order valence-corrected chi connectivity index (χ1v) is 6.55. The van der Waals surface area contributed by atoms with Gasteiger partial charge < -0.3 is 5.32 Å². The second-order valence-electron chi connectivity index (χ2n) is 4.52. The monoisotopic (exact) mass is 209 g/mol. The molecule has 2 rings (SSSR count). The molecule has 1 N–H and O–H groups in total. The molecule has 0 bridgehead atoms. The van der Waals surface area contributed by atoms with Crippen LogP contribution in [0.3, 0.4) is 0 Å². The Morgan fingerprint density at radius 2 is 2.14 bits per heavy atom. The van der Waals surface area contributed by atoms with Crippen molar-refractivity contribution in [3.63, 3.8) is 0 Å². The summed E-state index contributed by atoms with van der Waals surface area (Å²) < 4.78 is 0. The average Bonchev–Trinajstić information content (AvgIpc) is 2.70. The molecule has 0 amide bonds. The first kappa shape index (κ1) is 10.0. The lowest BCUT2D eigenvalue weighted by Gasteiger charge is -2.26. The Kier molecular flexibility index (Phi) is 3.46. The summed E-state index contributed by atoms with van der Waals surface area (Å²) in [5.74, 6) is 1.87. The maximum atomic E-state index is 3.52. The fraction of sp³-hybridized carbons (Fsp3) is 0.667. The predicted molar refractivity (Wildman–Crippen MR) is 63.9 cm³/mol. The summed E-state index contributed by atoms with van der Waals surface area (Å²) in [4.78, 5) is 0. The van der Waals surface area contributed by atoms with Crippen LogP contribution < -0.4 is 5.32 Å². The van der Waals surface area contributed by atoms with E-state index in [9.17, 15) is 0 Å². The van der Waals surface area contributed by atoms with E-state index in [2.05, 4.69) is 29.1 Å². The molecule has 1 aliphatic carbocycles. The van der Waals surface area contributed by atoms with Crippen molar-refractivity contribution in [2.75, 3.05) is 11.9 Å². The second-order valence-corrected chi connectivity index (χ2v) is 5.30. The minimum absolute atomic E-state index is 0.908. The Morgan fingerprint density at radius 3 is 2.79 bits per heavy atom. The van der Waals surface area contributed by atoms with Crippen LogP contribution in [0.2, 0.25) is 0 Å². The highest BCUT2D eigenvalue weighted by atomic mass is 32.1. The van der Waals surface area contributed by atoms with Crippen LogP contribution in [0.5, 0.6) is 0 Å². The second kappa shape index (κ2) is 4.83. The number of hydrogen-bond donors (Lipinski definition) is 1. The standard InChI is InChI=1S/C12H19NS/c1-10-2-4-11(5-3-10)8-13-12-6-7-14-9-12/h6-7,9-11,13H,2-5,8H2,1H3. The molecule has 0 aliphatic heterocycles. The molecule has 2 heteroatoms.